The molecular formula is C9H9BrN2O3. The second-order valence-corrected chi connectivity index (χ2v) is 3.69. The van der Waals surface area contributed by atoms with Crippen molar-refractivity contribution in [3.05, 3.63) is 37.8 Å². The average molecular weight is 273 g/mol. The maximum absolute atomic E-state index is 10.7. The number of oxime groups is 1. The standard InChI is InChI=1S/C9H9BrN2O3/c1-6-3-8(10)9(12(13)14)4-7(6)5-11-15-2/h3-5H,1-2H3. The number of benzene rings is 1. The molecule has 1 aromatic carbocycles. The van der Waals surface area contributed by atoms with Crippen LogP contribution in [0.15, 0.2) is 21.8 Å². The fraction of sp³-hybridized carbons (Fsp3) is 0.222. The van der Waals surface area contributed by atoms with Crippen molar-refractivity contribution in [2.24, 2.45) is 5.16 Å². The van der Waals surface area contributed by atoms with E-state index in [1.165, 1.54) is 19.4 Å². The molecule has 0 aliphatic carbocycles. The van der Waals surface area contributed by atoms with Crippen molar-refractivity contribution in [3.63, 3.8) is 0 Å². The molecule has 6 heteroatoms. The van der Waals surface area contributed by atoms with E-state index in [9.17, 15) is 10.1 Å². The van der Waals surface area contributed by atoms with Gasteiger partial charge in [-0.15, -0.1) is 0 Å². The van der Waals surface area contributed by atoms with Crippen LogP contribution in [0.3, 0.4) is 0 Å². The molecule has 1 aromatic rings. The minimum atomic E-state index is -0.451. The molecule has 0 atom stereocenters. The van der Waals surface area contributed by atoms with Gasteiger partial charge in [-0.25, -0.2) is 0 Å². The second kappa shape index (κ2) is 4.88. The van der Waals surface area contributed by atoms with Crippen molar-refractivity contribution >= 4 is 27.8 Å². The SMILES string of the molecule is CON=Cc1cc([N+](=O)[O-])c(Br)cc1C. The third-order valence-electron chi connectivity index (χ3n) is 1.83. The van der Waals surface area contributed by atoms with Gasteiger partial charge in [-0.1, -0.05) is 5.16 Å². The van der Waals surface area contributed by atoms with Gasteiger partial charge in [0.25, 0.3) is 5.69 Å². The van der Waals surface area contributed by atoms with Gasteiger partial charge in [-0.3, -0.25) is 10.1 Å². The zero-order valence-electron chi connectivity index (χ0n) is 8.23. The Bertz CT molecular complexity index is 418. The first-order valence-electron chi connectivity index (χ1n) is 4.07. The van der Waals surface area contributed by atoms with Crippen molar-refractivity contribution < 1.29 is 9.76 Å². The first-order chi connectivity index (χ1) is 7.06. The van der Waals surface area contributed by atoms with Crippen LogP contribution < -0.4 is 0 Å². The van der Waals surface area contributed by atoms with Gasteiger partial charge in [-0.05, 0) is 34.5 Å². The monoisotopic (exact) mass is 272 g/mol. The zero-order valence-corrected chi connectivity index (χ0v) is 9.82. The fourth-order valence-electron chi connectivity index (χ4n) is 1.07. The Hall–Kier alpha value is -1.43. The number of nitrogens with zero attached hydrogens (tertiary/aromatic N) is 2. The minimum Gasteiger partial charge on any atom is -0.399 e. The smallest absolute Gasteiger partial charge is 0.284 e. The predicted molar refractivity (Wildman–Crippen MR) is 60.1 cm³/mol. The lowest BCUT2D eigenvalue weighted by molar-refractivity contribution is -0.385. The molecule has 0 fully saturated rings. The molecule has 0 spiro atoms. The Morgan fingerprint density at radius 2 is 2.27 bits per heavy atom. The number of nitro groups is 1. The molecule has 0 unspecified atom stereocenters. The van der Waals surface area contributed by atoms with E-state index >= 15 is 0 Å². The summed E-state index contributed by atoms with van der Waals surface area (Å²) in [5.74, 6) is 0. The third kappa shape index (κ3) is 2.76. The topological polar surface area (TPSA) is 64.7 Å². The Labute approximate surface area is 95.0 Å². The lowest BCUT2D eigenvalue weighted by Gasteiger charge is -2.01. The van der Waals surface area contributed by atoms with Crippen LogP contribution in [0.4, 0.5) is 5.69 Å². The van der Waals surface area contributed by atoms with Crippen LogP contribution in [-0.2, 0) is 4.84 Å². The summed E-state index contributed by atoms with van der Waals surface area (Å²) in [5.41, 5.74) is 1.55. The molecule has 1 rings (SSSR count). The molecule has 0 aromatic heterocycles. The highest BCUT2D eigenvalue weighted by atomic mass is 79.9. The van der Waals surface area contributed by atoms with E-state index < -0.39 is 4.92 Å². The van der Waals surface area contributed by atoms with Gasteiger partial charge in [0.1, 0.15) is 7.11 Å². The summed E-state index contributed by atoms with van der Waals surface area (Å²) in [6.07, 6.45) is 1.44. The number of rotatable bonds is 3. The van der Waals surface area contributed by atoms with E-state index in [-0.39, 0.29) is 5.69 Å². The highest BCUT2D eigenvalue weighted by Crippen LogP contribution is 2.27. The molecule has 0 radical (unpaired) electrons. The highest BCUT2D eigenvalue weighted by molar-refractivity contribution is 9.10. The largest absolute Gasteiger partial charge is 0.399 e. The van der Waals surface area contributed by atoms with E-state index in [4.69, 9.17) is 0 Å². The summed E-state index contributed by atoms with van der Waals surface area (Å²) in [5, 5.41) is 14.2. The van der Waals surface area contributed by atoms with Crippen LogP contribution in [0.2, 0.25) is 0 Å². The maximum atomic E-state index is 10.7. The van der Waals surface area contributed by atoms with E-state index in [1.54, 1.807) is 6.07 Å². The Morgan fingerprint density at radius 1 is 1.60 bits per heavy atom. The first-order valence-corrected chi connectivity index (χ1v) is 4.86. The molecule has 0 aliphatic rings. The molecule has 0 saturated carbocycles. The summed E-state index contributed by atoms with van der Waals surface area (Å²) in [6, 6.07) is 3.12. The quantitative estimate of drug-likeness (QED) is 0.483. The summed E-state index contributed by atoms with van der Waals surface area (Å²) >= 11 is 3.13. The van der Waals surface area contributed by atoms with Crippen molar-refractivity contribution in [1.29, 1.82) is 0 Å². The number of hydrogen-bond donors (Lipinski definition) is 0. The zero-order chi connectivity index (χ0) is 11.4. The average Bonchev–Trinajstić information content (AvgIpc) is 2.16. The summed E-state index contributed by atoms with van der Waals surface area (Å²) in [4.78, 5) is 14.7. The molecule has 0 amide bonds. The normalized spacial score (nSPS) is 10.6. The summed E-state index contributed by atoms with van der Waals surface area (Å²) in [7, 11) is 1.42. The molecule has 5 nitrogen and oxygen atoms in total. The van der Waals surface area contributed by atoms with Gasteiger partial charge in [-0.2, -0.15) is 0 Å². The van der Waals surface area contributed by atoms with Crippen LogP contribution in [0.1, 0.15) is 11.1 Å². The van der Waals surface area contributed by atoms with Crippen LogP contribution in [0, 0.1) is 17.0 Å². The number of halogens is 1. The lowest BCUT2D eigenvalue weighted by Crippen LogP contribution is -1.94. The molecule has 0 aliphatic heterocycles. The van der Waals surface area contributed by atoms with Crippen LogP contribution >= 0.6 is 15.9 Å². The Kier molecular flexibility index (Phi) is 3.79. The van der Waals surface area contributed by atoms with Crippen LogP contribution in [-0.4, -0.2) is 18.2 Å². The van der Waals surface area contributed by atoms with Crippen LogP contribution in [0.5, 0.6) is 0 Å². The van der Waals surface area contributed by atoms with Crippen molar-refractivity contribution in [2.45, 2.75) is 6.92 Å². The van der Waals surface area contributed by atoms with E-state index in [1.807, 2.05) is 6.92 Å². The molecule has 80 valence electrons. The first kappa shape index (κ1) is 11.6. The van der Waals surface area contributed by atoms with Crippen molar-refractivity contribution in [3.8, 4) is 0 Å². The fourth-order valence-corrected chi connectivity index (χ4v) is 1.67. The van der Waals surface area contributed by atoms with E-state index in [0.29, 0.717) is 10.0 Å². The number of nitro benzene ring substituents is 1. The van der Waals surface area contributed by atoms with Gasteiger partial charge in [0.05, 0.1) is 15.6 Å². The van der Waals surface area contributed by atoms with Gasteiger partial charge in [0.2, 0.25) is 0 Å². The number of hydrogen-bond acceptors (Lipinski definition) is 4. The number of aryl methyl sites for hydroxylation is 1. The maximum Gasteiger partial charge on any atom is 0.284 e. The van der Waals surface area contributed by atoms with Crippen molar-refractivity contribution in [1.82, 2.24) is 0 Å². The third-order valence-corrected chi connectivity index (χ3v) is 2.46. The molecule has 0 N–H and O–H groups in total. The molecule has 0 bridgehead atoms. The second-order valence-electron chi connectivity index (χ2n) is 2.83. The highest BCUT2D eigenvalue weighted by Gasteiger charge is 2.13. The van der Waals surface area contributed by atoms with Gasteiger partial charge < -0.3 is 4.84 Å². The Morgan fingerprint density at radius 3 is 2.80 bits per heavy atom. The Balaban J connectivity index is 3.23. The summed E-state index contributed by atoms with van der Waals surface area (Å²) < 4.78 is 0.458. The van der Waals surface area contributed by atoms with E-state index in [2.05, 4.69) is 25.9 Å². The van der Waals surface area contributed by atoms with Gasteiger partial charge in [0.15, 0.2) is 0 Å². The van der Waals surface area contributed by atoms with Gasteiger partial charge in [0, 0.05) is 11.6 Å². The molecule has 15 heavy (non-hydrogen) atoms. The predicted octanol–water partition coefficient (Wildman–Crippen LogP) is 2.65. The van der Waals surface area contributed by atoms with E-state index in [0.717, 1.165) is 5.56 Å². The molecule has 0 saturated heterocycles. The van der Waals surface area contributed by atoms with Crippen LogP contribution in [0.25, 0.3) is 0 Å². The minimum absolute atomic E-state index is 0.0122. The van der Waals surface area contributed by atoms with Crippen molar-refractivity contribution in [2.75, 3.05) is 7.11 Å². The molecule has 0 heterocycles. The lowest BCUT2D eigenvalue weighted by atomic mass is 10.1. The van der Waals surface area contributed by atoms with Gasteiger partial charge >= 0.3 is 0 Å². The summed E-state index contributed by atoms with van der Waals surface area (Å²) in [6.45, 7) is 1.84. The molecular weight excluding hydrogens is 264 g/mol.